The minimum atomic E-state index is -0.620. The van der Waals surface area contributed by atoms with Crippen molar-refractivity contribution in [1.82, 2.24) is 43.6 Å². The van der Waals surface area contributed by atoms with Gasteiger partial charge in [-0.05, 0) is 37.1 Å². The number of imidazole rings is 2. The van der Waals surface area contributed by atoms with Gasteiger partial charge in [-0.25, -0.2) is 23.7 Å². The quantitative estimate of drug-likeness (QED) is 0.339. The summed E-state index contributed by atoms with van der Waals surface area (Å²) >= 11 is 0. The van der Waals surface area contributed by atoms with Crippen molar-refractivity contribution in [1.29, 1.82) is 0 Å². The molecule has 5 aromatic heterocycles. The van der Waals surface area contributed by atoms with E-state index < -0.39 is 11.9 Å². The molecule has 39 heavy (non-hydrogen) atoms. The number of rotatable bonds is 4. The van der Waals surface area contributed by atoms with Crippen LogP contribution in [0.25, 0.3) is 17.0 Å². The van der Waals surface area contributed by atoms with Gasteiger partial charge < -0.3 is 11.1 Å². The summed E-state index contributed by atoms with van der Waals surface area (Å²) < 4.78 is 6.01. The average molecular weight is 519 g/mol. The molecule has 0 fully saturated rings. The number of hydrogen-bond donors (Lipinski definition) is 2. The normalized spacial score (nSPS) is 11.8. The molecule has 0 aliphatic carbocycles. The number of nitrogens with two attached hydrogens (primary N) is 1. The minimum Gasteiger partial charge on any atom is -0.382 e. The first-order valence-corrected chi connectivity index (χ1v) is 12.0. The van der Waals surface area contributed by atoms with E-state index in [0.29, 0.717) is 33.9 Å². The maximum Gasteiger partial charge on any atom is 0.339 e. The molecular weight excluding hydrogens is 496 g/mol. The fourth-order valence-electron chi connectivity index (χ4n) is 4.40. The number of nitrogens with one attached hydrogen (secondary N) is 1. The second-order valence-corrected chi connectivity index (χ2v) is 8.85. The van der Waals surface area contributed by atoms with Crippen LogP contribution < -0.4 is 16.7 Å². The molecule has 6 rings (SSSR count). The monoisotopic (exact) mass is 518 g/mol. The fraction of sp³-hybridized carbons (Fsp3) is 0.111. The topological polar surface area (TPSA) is 142 Å². The minimum absolute atomic E-state index is 0.0550. The molecular formula is C27H22N10O2. The highest BCUT2D eigenvalue weighted by molar-refractivity contribution is 5.98. The van der Waals surface area contributed by atoms with Crippen LogP contribution in [0.3, 0.4) is 0 Å². The van der Waals surface area contributed by atoms with Crippen LogP contribution in [-0.2, 0) is 7.05 Å². The number of carbonyl (C=O) groups is 1. The Kier molecular flexibility index (Phi) is 5.65. The van der Waals surface area contributed by atoms with E-state index in [2.05, 4.69) is 37.3 Å². The molecule has 0 spiro atoms. The van der Waals surface area contributed by atoms with Gasteiger partial charge in [-0.2, -0.15) is 10.2 Å². The van der Waals surface area contributed by atoms with E-state index in [1.807, 2.05) is 30.3 Å². The molecule has 192 valence electrons. The Morgan fingerprint density at radius 3 is 2.64 bits per heavy atom. The molecule has 0 unspecified atom stereocenters. The second kappa shape index (κ2) is 9.31. The lowest BCUT2D eigenvalue weighted by molar-refractivity contribution is 0.0932. The van der Waals surface area contributed by atoms with Crippen molar-refractivity contribution in [3.05, 3.63) is 106 Å². The van der Waals surface area contributed by atoms with Crippen molar-refractivity contribution < 1.29 is 4.79 Å². The standard InChI is InChI=1S/C27H22N10O2/c1-17(32-26(38)24-25(28)33-22-9-6-12-30-37(22)24)21-13-23-29-15-20(11-10-18-14-31-34(2)16-18)36(23)27(39)35(21)19-7-4-3-5-8-19/h3-9,12-17H,28H2,1-2H3,(H,32,38)/t17-/m0/s1. The average Bonchev–Trinajstić information content (AvgIpc) is 3.63. The molecule has 0 radical (unpaired) electrons. The zero-order chi connectivity index (χ0) is 27.1. The highest BCUT2D eigenvalue weighted by Crippen LogP contribution is 2.20. The fourth-order valence-corrected chi connectivity index (χ4v) is 4.40. The highest BCUT2D eigenvalue weighted by Gasteiger charge is 2.24. The molecule has 1 atom stereocenters. The van der Waals surface area contributed by atoms with E-state index >= 15 is 0 Å². The molecule has 12 heteroatoms. The smallest absolute Gasteiger partial charge is 0.339 e. The van der Waals surface area contributed by atoms with Gasteiger partial charge >= 0.3 is 5.69 Å². The summed E-state index contributed by atoms with van der Waals surface area (Å²) in [4.78, 5) is 35.9. The SMILES string of the molecule is C[C@H](NC(=O)c1c(N)nc2cccnn12)c1cc2ncc(C#Cc3cnn(C)c3)n2c(=O)n1-c1ccccc1. The first-order chi connectivity index (χ1) is 18.9. The summed E-state index contributed by atoms with van der Waals surface area (Å²) in [6.07, 6.45) is 6.52. The van der Waals surface area contributed by atoms with E-state index in [0.717, 1.165) is 0 Å². The maximum atomic E-state index is 13.9. The Morgan fingerprint density at radius 1 is 1.05 bits per heavy atom. The summed E-state index contributed by atoms with van der Waals surface area (Å²) in [6.45, 7) is 1.78. The van der Waals surface area contributed by atoms with Gasteiger partial charge in [-0.3, -0.25) is 14.0 Å². The number of nitrogens with zero attached hydrogens (tertiary/aromatic N) is 8. The van der Waals surface area contributed by atoms with Crippen LogP contribution in [0, 0.1) is 11.8 Å². The molecule has 0 saturated carbocycles. The maximum absolute atomic E-state index is 13.9. The van der Waals surface area contributed by atoms with Crippen LogP contribution in [-0.4, -0.2) is 44.2 Å². The summed E-state index contributed by atoms with van der Waals surface area (Å²) in [5.74, 6) is 5.62. The van der Waals surface area contributed by atoms with Gasteiger partial charge in [0.1, 0.15) is 11.3 Å². The van der Waals surface area contributed by atoms with Crippen LogP contribution in [0.15, 0.2) is 78.1 Å². The predicted molar refractivity (Wildman–Crippen MR) is 143 cm³/mol. The summed E-state index contributed by atoms with van der Waals surface area (Å²) in [7, 11) is 1.81. The molecule has 5 heterocycles. The molecule has 1 amide bonds. The third kappa shape index (κ3) is 4.17. The van der Waals surface area contributed by atoms with Gasteiger partial charge in [0.15, 0.2) is 17.2 Å². The number of fused-ring (bicyclic) bond motifs is 2. The van der Waals surface area contributed by atoms with Crippen molar-refractivity contribution in [3.63, 3.8) is 0 Å². The zero-order valence-corrected chi connectivity index (χ0v) is 21.0. The van der Waals surface area contributed by atoms with Gasteiger partial charge in [0.2, 0.25) is 0 Å². The van der Waals surface area contributed by atoms with Gasteiger partial charge in [0.25, 0.3) is 5.91 Å². The second-order valence-electron chi connectivity index (χ2n) is 8.85. The lowest BCUT2D eigenvalue weighted by atomic mass is 10.2. The Balaban J connectivity index is 1.45. The highest BCUT2D eigenvalue weighted by atomic mass is 16.2. The van der Waals surface area contributed by atoms with Crippen molar-refractivity contribution in [2.45, 2.75) is 13.0 Å². The van der Waals surface area contributed by atoms with Crippen molar-refractivity contribution in [3.8, 4) is 17.5 Å². The third-order valence-electron chi connectivity index (χ3n) is 6.19. The van der Waals surface area contributed by atoms with Crippen molar-refractivity contribution in [2.75, 3.05) is 5.73 Å². The number of amides is 1. The first kappa shape index (κ1) is 23.7. The van der Waals surface area contributed by atoms with Crippen molar-refractivity contribution in [2.24, 2.45) is 7.05 Å². The molecule has 0 bridgehead atoms. The van der Waals surface area contributed by atoms with Crippen molar-refractivity contribution >= 4 is 23.0 Å². The Labute approximate surface area is 221 Å². The number of carbonyl (C=O) groups excluding carboxylic acids is 1. The summed E-state index contributed by atoms with van der Waals surface area (Å²) in [5.41, 5.74) is 8.91. The van der Waals surface area contributed by atoms with Gasteiger partial charge in [-0.15, -0.1) is 0 Å². The van der Waals surface area contributed by atoms with E-state index in [1.165, 1.54) is 13.5 Å². The number of nitrogen functional groups attached to an aromatic ring is 1. The first-order valence-electron chi connectivity index (χ1n) is 12.0. The summed E-state index contributed by atoms with van der Waals surface area (Å²) in [5, 5.41) is 11.2. The predicted octanol–water partition coefficient (Wildman–Crippen LogP) is 1.73. The number of aryl methyl sites for hydroxylation is 1. The summed E-state index contributed by atoms with van der Waals surface area (Å²) in [6, 6.07) is 13.7. The molecule has 6 aromatic rings. The number of para-hydroxylation sites is 1. The van der Waals surface area contributed by atoms with E-state index in [9.17, 15) is 9.59 Å². The molecule has 0 aliphatic heterocycles. The van der Waals surface area contributed by atoms with Crippen LogP contribution in [0.2, 0.25) is 0 Å². The number of anilines is 1. The van der Waals surface area contributed by atoms with Gasteiger partial charge in [0, 0.05) is 25.5 Å². The Morgan fingerprint density at radius 2 is 1.87 bits per heavy atom. The van der Waals surface area contributed by atoms with Crippen LogP contribution in [0.4, 0.5) is 5.82 Å². The molecule has 1 aromatic carbocycles. The number of aromatic nitrogens is 8. The van der Waals surface area contributed by atoms with Crippen LogP contribution >= 0.6 is 0 Å². The van der Waals surface area contributed by atoms with Crippen LogP contribution in [0.1, 0.15) is 40.4 Å². The largest absolute Gasteiger partial charge is 0.382 e. The molecule has 0 saturated heterocycles. The lowest BCUT2D eigenvalue weighted by Crippen LogP contribution is -2.35. The van der Waals surface area contributed by atoms with Gasteiger partial charge in [-0.1, -0.05) is 24.1 Å². The number of benzene rings is 1. The Bertz CT molecular complexity index is 1990. The zero-order valence-electron chi connectivity index (χ0n) is 21.0. The third-order valence-corrected chi connectivity index (χ3v) is 6.19. The van der Waals surface area contributed by atoms with Gasteiger partial charge in [0.05, 0.1) is 35.4 Å². The van der Waals surface area contributed by atoms with E-state index in [4.69, 9.17) is 5.73 Å². The Hall–Kier alpha value is -5.70. The van der Waals surface area contributed by atoms with Crippen LogP contribution in [0.5, 0.6) is 0 Å². The van der Waals surface area contributed by atoms with E-state index in [-0.39, 0.29) is 17.2 Å². The lowest BCUT2D eigenvalue weighted by Gasteiger charge is -2.20. The number of hydrogen-bond acceptors (Lipinski definition) is 7. The van der Waals surface area contributed by atoms with E-state index in [1.54, 1.807) is 61.6 Å². The molecule has 3 N–H and O–H groups in total. The molecule has 0 aliphatic rings. The molecule has 12 nitrogen and oxygen atoms in total.